The molecule has 0 aliphatic heterocycles. The van der Waals surface area contributed by atoms with Crippen LogP contribution in [0.4, 0.5) is 0 Å². The summed E-state index contributed by atoms with van der Waals surface area (Å²) >= 11 is 0. The van der Waals surface area contributed by atoms with E-state index < -0.39 is 0 Å². The molecule has 0 atom stereocenters. The molecule has 0 radical (unpaired) electrons. The van der Waals surface area contributed by atoms with Crippen LogP contribution in [0.5, 0.6) is 0 Å². The van der Waals surface area contributed by atoms with Gasteiger partial charge in [0.15, 0.2) is 0 Å². The summed E-state index contributed by atoms with van der Waals surface area (Å²) in [5.41, 5.74) is 0. The van der Waals surface area contributed by atoms with Gasteiger partial charge in [0.05, 0.1) is 6.54 Å². The van der Waals surface area contributed by atoms with E-state index in [1.165, 1.54) is 0 Å². The third-order valence-corrected chi connectivity index (χ3v) is 1.24. The average Bonchev–Trinajstić information content (AvgIpc) is 1.97. The summed E-state index contributed by atoms with van der Waals surface area (Å²) < 4.78 is 0. The number of amides is 1. The summed E-state index contributed by atoms with van der Waals surface area (Å²) in [6, 6.07) is 0. The van der Waals surface area contributed by atoms with Gasteiger partial charge in [-0.25, -0.2) is 0 Å². The third kappa shape index (κ3) is 7.33. The maximum Gasteiger partial charge on any atom is 0.233 e. The number of carbonyl (C=O) groups excluding carboxylic acids is 1. The van der Waals surface area contributed by atoms with Gasteiger partial charge < -0.3 is 10.6 Å². The molecule has 0 saturated heterocycles. The SMILES string of the molecule is CCNCC(=O)NCC(C)C.[HH].[HH]. The topological polar surface area (TPSA) is 41.1 Å². The van der Waals surface area contributed by atoms with Crippen LogP contribution in [0.2, 0.25) is 0 Å². The highest BCUT2D eigenvalue weighted by Gasteiger charge is 1.99. The number of hydrogen-bond donors (Lipinski definition) is 2. The van der Waals surface area contributed by atoms with E-state index in [2.05, 4.69) is 24.5 Å². The van der Waals surface area contributed by atoms with Crippen molar-refractivity contribution in [3.8, 4) is 0 Å². The molecule has 0 aliphatic carbocycles. The molecule has 0 saturated carbocycles. The fourth-order valence-electron chi connectivity index (χ4n) is 0.619. The highest BCUT2D eigenvalue weighted by molar-refractivity contribution is 5.77. The number of nitrogens with one attached hydrogen (secondary N) is 2. The van der Waals surface area contributed by atoms with Crippen molar-refractivity contribution < 1.29 is 7.65 Å². The smallest absolute Gasteiger partial charge is 0.233 e. The lowest BCUT2D eigenvalue weighted by Gasteiger charge is -2.07. The summed E-state index contributed by atoms with van der Waals surface area (Å²) in [4.78, 5) is 10.9. The monoisotopic (exact) mass is 162 g/mol. The Hall–Kier alpha value is -0.570. The molecule has 0 aromatic heterocycles. The van der Waals surface area contributed by atoms with Gasteiger partial charge in [-0.3, -0.25) is 4.79 Å². The van der Waals surface area contributed by atoms with Crippen LogP contribution in [-0.4, -0.2) is 25.5 Å². The van der Waals surface area contributed by atoms with Gasteiger partial charge in [0, 0.05) is 9.40 Å². The fourth-order valence-corrected chi connectivity index (χ4v) is 0.619. The van der Waals surface area contributed by atoms with Crippen LogP contribution in [0.3, 0.4) is 0 Å². The van der Waals surface area contributed by atoms with Crippen molar-refractivity contribution in [1.29, 1.82) is 0 Å². The van der Waals surface area contributed by atoms with E-state index in [4.69, 9.17) is 0 Å². The van der Waals surface area contributed by atoms with Gasteiger partial charge >= 0.3 is 0 Å². The normalized spacial score (nSPS) is 10.2. The Bertz CT molecular complexity index is 121. The summed E-state index contributed by atoms with van der Waals surface area (Å²) in [5.74, 6) is 0.612. The Kier molecular flexibility index (Phi) is 5.84. The van der Waals surface area contributed by atoms with Gasteiger partial charge in [0.1, 0.15) is 0 Å². The third-order valence-electron chi connectivity index (χ3n) is 1.24. The van der Waals surface area contributed by atoms with Gasteiger partial charge in [-0.05, 0) is 12.5 Å². The van der Waals surface area contributed by atoms with Crippen molar-refractivity contribution >= 4 is 5.91 Å². The predicted molar refractivity (Wildman–Crippen MR) is 50.6 cm³/mol. The van der Waals surface area contributed by atoms with Crippen LogP contribution < -0.4 is 10.6 Å². The summed E-state index contributed by atoms with van der Waals surface area (Å²) in [6.07, 6.45) is 0. The Morgan fingerprint density at radius 2 is 2.18 bits per heavy atom. The van der Waals surface area contributed by atoms with Crippen LogP contribution in [0.25, 0.3) is 0 Å². The van der Waals surface area contributed by atoms with Gasteiger partial charge in [-0.15, -0.1) is 0 Å². The van der Waals surface area contributed by atoms with E-state index in [-0.39, 0.29) is 8.76 Å². The molecule has 0 heterocycles. The zero-order valence-corrected chi connectivity index (χ0v) is 7.61. The van der Waals surface area contributed by atoms with E-state index in [1.54, 1.807) is 0 Å². The molecule has 0 aliphatic rings. The fraction of sp³-hybridized carbons (Fsp3) is 0.875. The Labute approximate surface area is 71.5 Å². The minimum atomic E-state index is 0. The van der Waals surface area contributed by atoms with Gasteiger partial charge in [0.2, 0.25) is 5.91 Å². The van der Waals surface area contributed by atoms with Crippen molar-refractivity contribution in [3.63, 3.8) is 0 Å². The second-order valence-corrected chi connectivity index (χ2v) is 2.98. The maximum atomic E-state index is 10.9. The first-order valence-electron chi connectivity index (χ1n) is 4.14. The zero-order chi connectivity index (χ0) is 8.69. The molecular weight excluding hydrogens is 140 g/mol. The molecule has 0 unspecified atom stereocenters. The lowest BCUT2D eigenvalue weighted by atomic mass is 10.2. The van der Waals surface area contributed by atoms with Crippen molar-refractivity contribution in [3.05, 3.63) is 0 Å². The molecule has 0 fully saturated rings. The quantitative estimate of drug-likeness (QED) is 0.629. The van der Waals surface area contributed by atoms with Crippen molar-refractivity contribution in [2.45, 2.75) is 20.8 Å². The average molecular weight is 162 g/mol. The van der Waals surface area contributed by atoms with E-state index in [9.17, 15) is 4.79 Å². The van der Waals surface area contributed by atoms with E-state index in [0.29, 0.717) is 12.5 Å². The second-order valence-electron chi connectivity index (χ2n) is 2.98. The summed E-state index contributed by atoms with van der Waals surface area (Å²) in [7, 11) is 0. The molecule has 3 heteroatoms. The number of hydrogen-bond acceptors (Lipinski definition) is 2. The Morgan fingerprint density at radius 3 is 2.64 bits per heavy atom. The van der Waals surface area contributed by atoms with Crippen molar-refractivity contribution in [2.75, 3.05) is 19.6 Å². The molecule has 0 bridgehead atoms. The molecule has 2 N–H and O–H groups in total. The molecular formula is C8H22N2O. The second kappa shape index (κ2) is 6.16. The van der Waals surface area contributed by atoms with Crippen LogP contribution in [0, 0.1) is 5.92 Å². The number of carbonyl (C=O) groups is 1. The van der Waals surface area contributed by atoms with Gasteiger partial charge in [-0.1, -0.05) is 20.8 Å². The number of likely N-dealkylation sites (N-methyl/N-ethyl adjacent to an activating group) is 1. The first-order valence-corrected chi connectivity index (χ1v) is 4.14. The van der Waals surface area contributed by atoms with Crippen LogP contribution in [0.15, 0.2) is 0 Å². The predicted octanol–water partition coefficient (Wildman–Crippen LogP) is 0.860. The standard InChI is InChI=1S/C8H18N2O.2H2/c1-4-9-6-8(11)10-5-7(2)3;;/h7,9H,4-6H2,1-3H3,(H,10,11);2*1H. The molecule has 0 rings (SSSR count). The lowest BCUT2D eigenvalue weighted by molar-refractivity contribution is -0.120. The largest absolute Gasteiger partial charge is 0.355 e. The Balaban J connectivity index is -0.000000500. The highest BCUT2D eigenvalue weighted by Crippen LogP contribution is 1.85. The summed E-state index contributed by atoms with van der Waals surface area (Å²) in [6.45, 7) is 8.18. The molecule has 1 amide bonds. The number of rotatable bonds is 5. The van der Waals surface area contributed by atoms with E-state index in [1.807, 2.05) is 6.92 Å². The molecule has 11 heavy (non-hydrogen) atoms. The minimum absolute atomic E-state index is 0. The highest BCUT2D eigenvalue weighted by atomic mass is 16.1. The molecule has 3 nitrogen and oxygen atoms in total. The van der Waals surface area contributed by atoms with E-state index >= 15 is 0 Å². The lowest BCUT2D eigenvalue weighted by Crippen LogP contribution is -2.35. The molecule has 0 aromatic rings. The first kappa shape index (κ1) is 10.4. The van der Waals surface area contributed by atoms with Crippen molar-refractivity contribution in [1.82, 2.24) is 10.6 Å². The molecule has 0 aromatic carbocycles. The minimum Gasteiger partial charge on any atom is -0.355 e. The maximum absolute atomic E-state index is 10.9. The van der Waals surface area contributed by atoms with Crippen LogP contribution in [-0.2, 0) is 4.79 Å². The first-order chi connectivity index (χ1) is 5.16. The van der Waals surface area contributed by atoms with Gasteiger partial charge in [0.25, 0.3) is 0 Å². The zero-order valence-electron chi connectivity index (χ0n) is 7.61. The molecule has 70 valence electrons. The van der Waals surface area contributed by atoms with Gasteiger partial charge in [-0.2, -0.15) is 0 Å². The van der Waals surface area contributed by atoms with Crippen LogP contribution >= 0.6 is 0 Å². The Morgan fingerprint density at radius 1 is 1.55 bits per heavy atom. The molecule has 0 spiro atoms. The van der Waals surface area contributed by atoms with Crippen LogP contribution in [0.1, 0.15) is 23.6 Å². The summed E-state index contributed by atoms with van der Waals surface area (Å²) in [5, 5.41) is 5.78. The van der Waals surface area contributed by atoms with E-state index in [0.717, 1.165) is 13.1 Å². The van der Waals surface area contributed by atoms with Crippen molar-refractivity contribution in [2.24, 2.45) is 5.92 Å².